The summed E-state index contributed by atoms with van der Waals surface area (Å²) < 4.78 is 5.00. The Kier molecular flexibility index (Phi) is 6.20. The zero-order valence-electron chi connectivity index (χ0n) is 9.72. The Morgan fingerprint density at radius 3 is 2.36 bits per heavy atom. The van der Waals surface area contributed by atoms with Crippen LogP contribution in [0.5, 0.6) is 0 Å². The van der Waals surface area contributed by atoms with Crippen molar-refractivity contribution >= 4 is 0 Å². The van der Waals surface area contributed by atoms with Gasteiger partial charge < -0.3 is 10.1 Å². The average molecular weight is 199 g/mol. The molecule has 0 amide bonds. The topological polar surface area (TPSA) is 21.3 Å². The van der Waals surface area contributed by atoms with E-state index in [1.807, 2.05) is 0 Å². The fourth-order valence-corrected chi connectivity index (χ4v) is 2.32. The first-order valence-corrected chi connectivity index (χ1v) is 6.06. The van der Waals surface area contributed by atoms with Crippen molar-refractivity contribution in [2.24, 2.45) is 11.8 Å². The van der Waals surface area contributed by atoms with Crippen LogP contribution < -0.4 is 5.32 Å². The molecule has 14 heavy (non-hydrogen) atoms. The van der Waals surface area contributed by atoms with Crippen LogP contribution in [0.1, 0.15) is 39.0 Å². The lowest BCUT2D eigenvalue weighted by Gasteiger charge is -2.27. The van der Waals surface area contributed by atoms with Crippen molar-refractivity contribution in [2.75, 3.05) is 26.8 Å². The van der Waals surface area contributed by atoms with E-state index in [0.717, 1.165) is 25.0 Å². The van der Waals surface area contributed by atoms with Crippen LogP contribution in [0, 0.1) is 11.8 Å². The van der Waals surface area contributed by atoms with Crippen LogP contribution in [0.2, 0.25) is 0 Å². The first-order valence-electron chi connectivity index (χ1n) is 6.06. The van der Waals surface area contributed by atoms with Gasteiger partial charge in [0.2, 0.25) is 0 Å². The second-order valence-electron chi connectivity index (χ2n) is 4.49. The summed E-state index contributed by atoms with van der Waals surface area (Å²) in [6.45, 7) is 5.36. The minimum Gasteiger partial charge on any atom is -0.383 e. The fraction of sp³-hybridized carbons (Fsp3) is 1.00. The van der Waals surface area contributed by atoms with Gasteiger partial charge in [0.25, 0.3) is 0 Å². The van der Waals surface area contributed by atoms with Gasteiger partial charge in [-0.25, -0.2) is 0 Å². The molecule has 0 aromatic rings. The number of ether oxygens (including phenoxy) is 1. The average Bonchev–Trinajstić information content (AvgIpc) is 2.25. The smallest absolute Gasteiger partial charge is 0.0587 e. The van der Waals surface area contributed by atoms with Gasteiger partial charge in [-0.05, 0) is 31.2 Å². The molecule has 1 aliphatic carbocycles. The maximum absolute atomic E-state index is 5.00. The molecule has 1 rings (SSSR count). The van der Waals surface area contributed by atoms with Crippen molar-refractivity contribution in [3.63, 3.8) is 0 Å². The predicted molar refractivity (Wildman–Crippen MR) is 60.5 cm³/mol. The van der Waals surface area contributed by atoms with Gasteiger partial charge in [-0.1, -0.05) is 26.2 Å². The van der Waals surface area contributed by atoms with Crippen molar-refractivity contribution in [1.29, 1.82) is 0 Å². The van der Waals surface area contributed by atoms with E-state index >= 15 is 0 Å². The van der Waals surface area contributed by atoms with Crippen LogP contribution in [-0.4, -0.2) is 26.8 Å². The molecular formula is C12H25NO. The Morgan fingerprint density at radius 2 is 1.79 bits per heavy atom. The number of nitrogens with one attached hydrogen (secondary N) is 1. The van der Waals surface area contributed by atoms with E-state index in [1.165, 1.54) is 38.6 Å². The van der Waals surface area contributed by atoms with Crippen LogP contribution >= 0.6 is 0 Å². The third-order valence-corrected chi connectivity index (χ3v) is 3.46. The molecule has 0 radical (unpaired) electrons. The predicted octanol–water partition coefficient (Wildman–Crippen LogP) is 2.44. The Labute approximate surface area is 88.4 Å². The van der Waals surface area contributed by atoms with Gasteiger partial charge in [0.05, 0.1) is 6.61 Å². The highest BCUT2D eigenvalue weighted by Gasteiger charge is 2.19. The van der Waals surface area contributed by atoms with Crippen LogP contribution in [0.3, 0.4) is 0 Å². The molecule has 0 saturated heterocycles. The molecule has 0 atom stereocenters. The van der Waals surface area contributed by atoms with E-state index in [-0.39, 0.29) is 0 Å². The molecule has 1 fully saturated rings. The van der Waals surface area contributed by atoms with Gasteiger partial charge >= 0.3 is 0 Å². The van der Waals surface area contributed by atoms with Crippen molar-refractivity contribution in [3.8, 4) is 0 Å². The molecule has 1 saturated carbocycles. The molecule has 0 spiro atoms. The highest BCUT2D eigenvalue weighted by molar-refractivity contribution is 4.73. The summed E-state index contributed by atoms with van der Waals surface area (Å²) in [7, 11) is 1.76. The lowest BCUT2D eigenvalue weighted by Crippen LogP contribution is -2.28. The van der Waals surface area contributed by atoms with Crippen LogP contribution in [0.15, 0.2) is 0 Å². The van der Waals surface area contributed by atoms with E-state index in [2.05, 4.69) is 12.2 Å². The van der Waals surface area contributed by atoms with E-state index in [1.54, 1.807) is 7.11 Å². The quantitative estimate of drug-likeness (QED) is 0.663. The maximum Gasteiger partial charge on any atom is 0.0587 e. The standard InChI is InChI=1S/C12H25NO/c1-3-11-4-6-12(7-5-11)10-13-8-9-14-2/h11-13H,3-10H2,1-2H3. The second-order valence-corrected chi connectivity index (χ2v) is 4.49. The van der Waals surface area contributed by atoms with Crippen LogP contribution in [0.25, 0.3) is 0 Å². The Balaban J connectivity index is 1.98. The lowest BCUT2D eigenvalue weighted by molar-refractivity contribution is 0.193. The zero-order chi connectivity index (χ0) is 10.2. The SMILES string of the molecule is CCC1CCC(CNCCOC)CC1. The Morgan fingerprint density at radius 1 is 1.14 bits per heavy atom. The monoisotopic (exact) mass is 199 g/mol. The third kappa shape index (κ3) is 4.43. The van der Waals surface area contributed by atoms with Crippen LogP contribution in [0.4, 0.5) is 0 Å². The van der Waals surface area contributed by atoms with Crippen molar-refractivity contribution in [1.82, 2.24) is 5.32 Å². The Bertz CT molecular complexity index is 130. The molecule has 0 aromatic heterocycles. The van der Waals surface area contributed by atoms with E-state index in [4.69, 9.17) is 4.74 Å². The van der Waals surface area contributed by atoms with Crippen molar-refractivity contribution < 1.29 is 4.74 Å². The van der Waals surface area contributed by atoms with E-state index in [0.29, 0.717) is 0 Å². The molecule has 0 heterocycles. The lowest BCUT2D eigenvalue weighted by atomic mass is 9.81. The molecule has 84 valence electrons. The number of hydrogen-bond donors (Lipinski definition) is 1. The summed E-state index contributed by atoms with van der Waals surface area (Å²) >= 11 is 0. The third-order valence-electron chi connectivity index (χ3n) is 3.46. The fourth-order valence-electron chi connectivity index (χ4n) is 2.32. The molecule has 0 bridgehead atoms. The van der Waals surface area contributed by atoms with Crippen molar-refractivity contribution in [2.45, 2.75) is 39.0 Å². The first-order chi connectivity index (χ1) is 6.86. The van der Waals surface area contributed by atoms with E-state index in [9.17, 15) is 0 Å². The molecule has 0 unspecified atom stereocenters. The van der Waals surface area contributed by atoms with E-state index < -0.39 is 0 Å². The summed E-state index contributed by atoms with van der Waals surface area (Å²) in [6.07, 6.45) is 7.14. The Hall–Kier alpha value is -0.0800. The summed E-state index contributed by atoms with van der Waals surface area (Å²) in [5.74, 6) is 1.94. The molecule has 0 aromatic carbocycles. The second kappa shape index (κ2) is 7.24. The van der Waals surface area contributed by atoms with Gasteiger partial charge in [0, 0.05) is 13.7 Å². The number of methoxy groups -OCH3 is 1. The van der Waals surface area contributed by atoms with Crippen molar-refractivity contribution in [3.05, 3.63) is 0 Å². The molecule has 2 nitrogen and oxygen atoms in total. The summed E-state index contributed by atoms with van der Waals surface area (Å²) in [5.41, 5.74) is 0. The van der Waals surface area contributed by atoms with Gasteiger partial charge in [-0.2, -0.15) is 0 Å². The van der Waals surface area contributed by atoms with Gasteiger partial charge in [0.15, 0.2) is 0 Å². The molecule has 1 aliphatic rings. The first kappa shape index (κ1) is 12.0. The minimum atomic E-state index is 0.838. The summed E-state index contributed by atoms with van der Waals surface area (Å²) in [5, 5.41) is 3.46. The van der Waals surface area contributed by atoms with Gasteiger partial charge in [-0.3, -0.25) is 0 Å². The molecular weight excluding hydrogens is 174 g/mol. The van der Waals surface area contributed by atoms with Gasteiger partial charge in [-0.15, -0.1) is 0 Å². The number of hydrogen-bond acceptors (Lipinski definition) is 2. The molecule has 0 aliphatic heterocycles. The van der Waals surface area contributed by atoms with Crippen LogP contribution in [-0.2, 0) is 4.74 Å². The zero-order valence-corrected chi connectivity index (χ0v) is 9.72. The summed E-state index contributed by atoms with van der Waals surface area (Å²) in [6, 6.07) is 0. The van der Waals surface area contributed by atoms with Gasteiger partial charge in [0.1, 0.15) is 0 Å². The minimum absolute atomic E-state index is 0.838. The normalized spacial score (nSPS) is 27.9. The molecule has 2 heteroatoms. The summed E-state index contributed by atoms with van der Waals surface area (Å²) in [4.78, 5) is 0. The number of rotatable bonds is 6. The molecule has 1 N–H and O–H groups in total. The maximum atomic E-state index is 5.00. The highest BCUT2D eigenvalue weighted by Crippen LogP contribution is 2.29. The largest absolute Gasteiger partial charge is 0.383 e. The highest BCUT2D eigenvalue weighted by atomic mass is 16.5.